The second-order valence-electron chi connectivity index (χ2n) is 10.0. The lowest BCUT2D eigenvalue weighted by atomic mass is 9.93. The summed E-state index contributed by atoms with van der Waals surface area (Å²) in [5.41, 5.74) is 3.92. The van der Waals surface area contributed by atoms with E-state index in [0.29, 0.717) is 25.1 Å². The Labute approximate surface area is 222 Å². The first kappa shape index (κ1) is 26.0. The van der Waals surface area contributed by atoms with Crippen molar-refractivity contribution in [3.05, 3.63) is 99.2 Å². The molecule has 1 N–H and O–H groups in total. The Kier molecular flexibility index (Phi) is 7.81. The number of aromatic nitrogens is 2. The first-order chi connectivity index (χ1) is 18.5. The van der Waals surface area contributed by atoms with Crippen LogP contribution in [0.1, 0.15) is 54.0 Å². The van der Waals surface area contributed by atoms with Gasteiger partial charge in [-0.2, -0.15) is 0 Å². The Balaban J connectivity index is 1.46. The van der Waals surface area contributed by atoms with Gasteiger partial charge in [0.2, 0.25) is 6.29 Å². The molecule has 38 heavy (non-hydrogen) atoms. The summed E-state index contributed by atoms with van der Waals surface area (Å²) in [6.45, 7) is 3.62. The van der Waals surface area contributed by atoms with Gasteiger partial charge in [-0.05, 0) is 55.5 Å². The largest absolute Gasteiger partial charge is 0.459 e. The number of nitrogens with zero attached hydrogens (tertiary/aromatic N) is 3. The zero-order chi connectivity index (χ0) is 26.6. The number of benzene rings is 2. The van der Waals surface area contributed by atoms with Gasteiger partial charge in [-0.3, -0.25) is 14.3 Å². The van der Waals surface area contributed by atoms with Gasteiger partial charge >= 0.3 is 0 Å². The average Bonchev–Trinajstić information content (AvgIpc) is 3.19. The molecule has 1 fully saturated rings. The number of allylic oxidation sites excluding steroid dienone is 1. The number of carbonyl (C=O) groups excluding carboxylic acids is 1. The molecule has 1 amide bonds. The second kappa shape index (κ2) is 11.4. The van der Waals surface area contributed by atoms with E-state index in [0.717, 1.165) is 41.8 Å². The Bertz CT molecular complexity index is 1350. The van der Waals surface area contributed by atoms with Gasteiger partial charge < -0.3 is 19.5 Å². The van der Waals surface area contributed by atoms with E-state index in [2.05, 4.69) is 0 Å². The van der Waals surface area contributed by atoms with Crippen molar-refractivity contribution in [1.82, 2.24) is 14.3 Å². The highest BCUT2D eigenvalue weighted by Gasteiger charge is 2.34. The molecular weight excluding hydrogens is 482 g/mol. The number of piperidine rings is 1. The van der Waals surface area contributed by atoms with Crippen molar-refractivity contribution in [3.8, 4) is 5.69 Å². The maximum absolute atomic E-state index is 13.8. The molecule has 200 valence electrons. The second-order valence-corrected chi connectivity index (χ2v) is 10.0. The zero-order valence-corrected chi connectivity index (χ0v) is 22.0. The lowest BCUT2D eigenvalue weighted by Crippen LogP contribution is -2.39. The van der Waals surface area contributed by atoms with Crippen LogP contribution in [0.2, 0.25) is 0 Å². The van der Waals surface area contributed by atoms with Gasteiger partial charge in [-0.25, -0.2) is 4.68 Å². The molecule has 3 aromatic rings. The van der Waals surface area contributed by atoms with Crippen LogP contribution < -0.4 is 5.56 Å². The van der Waals surface area contributed by atoms with Crippen LogP contribution in [0.3, 0.4) is 0 Å². The average molecular weight is 518 g/mol. The molecular formula is C30H35N3O5. The van der Waals surface area contributed by atoms with E-state index in [1.54, 1.807) is 4.68 Å². The topological polar surface area (TPSA) is 85.9 Å². The minimum Gasteiger partial charge on any atom is -0.459 e. The predicted molar refractivity (Wildman–Crippen MR) is 144 cm³/mol. The maximum atomic E-state index is 13.8. The van der Waals surface area contributed by atoms with Crippen LogP contribution in [-0.4, -0.2) is 44.7 Å². The third-order valence-electron chi connectivity index (χ3n) is 7.52. The summed E-state index contributed by atoms with van der Waals surface area (Å²) in [7, 11) is 1.88. The van der Waals surface area contributed by atoms with E-state index in [1.807, 2.05) is 84.2 Å². The van der Waals surface area contributed by atoms with Crippen LogP contribution in [0.5, 0.6) is 0 Å². The van der Waals surface area contributed by atoms with Crippen molar-refractivity contribution >= 4 is 5.91 Å². The Morgan fingerprint density at radius 3 is 2.39 bits per heavy atom. The number of hydrogen-bond donors (Lipinski definition) is 1. The smallest absolute Gasteiger partial charge is 0.288 e. The summed E-state index contributed by atoms with van der Waals surface area (Å²) in [6, 6.07) is 17.1. The number of para-hydroxylation sites is 1. The molecule has 2 aliphatic heterocycles. The lowest BCUT2D eigenvalue weighted by Gasteiger charge is -2.32. The highest BCUT2D eigenvalue weighted by Crippen LogP contribution is 2.33. The van der Waals surface area contributed by atoms with Gasteiger partial charge in [0.05, 0.1) is 18.9 Å². The van der Waals surface area contributed by atoms with Crippen LogP contribution in [0.25, 0.3) is 5.69 Å². The number of amides is 1. The maximum Gasteiger partial charge on any atom is 0.288 e. The van der Waals surface area contributed by atoms with Crippen molar-refractivity contribution in [3.63, 3.8) is 0 Å². The first-order valence-corrected chi connectivity index (χ1v) is 13.3. The predicted octanol–water partition coefficient (Wildman–Crippen LogP) is 3.92. The standard InChI is InChI=1S/C30H35N3O5/c1-21-28(30(36)33(31(21)2)25-9-5-3-6-10-25)24-17-26(29(35)32-15-7-4-8-16-32)38-27(18-24)37-20-23-13-11-22(19-34)12-14-23/h3,5-6,9-14,17,24,27,34H,4,7-8,15-16,18-20H2,1-2H3/t24-,27+/m0/s1. The number of likely N-dealkylation sites (tertiary alicyclic amines) is 1. The highest BCUT2D eigenvalue weighted by atomic mass is 16.7. The summed E-state index contributed by atoms with van der Waals surface area (Å²) in [6.07, 6.45) is 4.62. The summed E-state index contributed by atoms with van der Waals surface area (Å²) < 4.78 is 15.8. The molecule has 2 atom stereocenters. The minimum absolute atomic E-state index is 0.0156. The van der Waals surface area contributed by atoms with Crippen molar-refractivity contribution in [2.75, 3.05) is 13.1 Å². The van der Waals surface area contributed by atoms with E-state index in [9.17, 15) is 14.7 Å². The molecule has 0 aliphatic carbocycles. The molecule has 1 aromatic heterocycles. The number of carbonyl (C=O) groups is 1. The molecule has 0 radical (unpaired) electrons. The number of aliphatic hydroxyl groups excluding tert-OH is 1. The number of ether oxygens (including phenoxy) is 2. The molecule has 0 spiro atoms. The van der Waals surface area contributed by atoms with Gasteiger partial charge in [-0.15, -0.1) is 0 Å². The third-order valence-corrected chi connectivity index (χ3v) is 7.52. The molecule has 8 heteroatoms. The molecule has 5 rings (SSSR count). The molecule has 8 nitrogen and oxygen atoms in total. The summed E-state index contributed by atoms with van der Waals surface area (Å²) in [5.74, 6) is -0.233. The van der Waals surface area contributed by atoms with Crippen LogP contribution in [-0.2, 0) is 34.5 Å². The van der Waals surface area contributed by atoms with Crippen molar-refractivity contribution in [1.29, 1.82) is 0 Å². The van der Waals surface area contributed by atoms with Crippen LogP contribution in [0.4, 0.5) is 0 Å². The lowest BCUT2D eigenvalue weighted by molar-refractivity contribution is -0.156. The molecule has 1 saturated heterocycles. The number of hydrogen-bond acceptors (Lipinski definition) is 5. The Hall–Kier alpha value is -3.62. The molecule has 0 saturated carbocycles. The molecule has 2 aromatic carbocycles. The monoisotopic (exact) mass is 517 g/mol. The molecule has 2 aliphatic rings. The van der Waals surface area contributed by atoms with Crippen LogP contribution >= 0.6 is 0 Å². The van der Waals surface area contributed by atoms with E-state index < -0.39 is 6.29 Å². The van der Waals surface area contributed by atoms with E-state index in [-0.39, 0.29) is 36.4 Å². The van der Waals surface area contributed by atoms with Gasteiger partial charge in [0.15, 0.2) is 5.76 Å². The van der Waals surface area contributed by atoms with Crippen LogP contribution in [0.15, 0.2) is 71.2 Å². The normalized spacial score (nSPS) is 19.7. The van der Waals surface area contributed by atoms with Gasteiger partial charge in [-0.1, -0.05) is 42.5 Å². The fourth-order valence-corrected chi connectivity index (χ4v) is 5.31. The summed E-state index contributed by atoms with van der Waals surface area (Å²) in [5, 5.41) is 9.30. The molecule has 0 unspecified atom stereocenters. The zero-order valence-electron chi connectivity index (χ0n) is 22.0. The van der Waals surface area contributed by atoms with Crippen molar-refractivity contribution < 1.29 is 19.4 Å². The van der Waals surface area contributed by atoms with Crippen LogP contribution in [0, 0.1) is 6.92 Å². The SMILES string of the molecule is Cc1c([C@H]2C=C(C(=O)N3CCCCC3)O[C@@H](OCc3ccc(CO)cc3)C2)c(=O)n(-c2ccccc2)n1C. The summed E-state index contributed by atoms with van der Waals surface area (Å²) in [4.78, 5) is 29.0. The third kappa shape index (κ3) is 5.33. The molecule has 0 bridgehead atoms. The van der Waals surface area contributed by atoms with Gasteiger partial charge in [0.1, 0.15) is 0 Å². The number of rotatable bonds is 7. The van der Waals surface area contributed by atoms with E-state index in [1.165, 1.54) is 0 Å². The van der Waals surface area contributed by atoms with Crippen molar-refractivity contribution in [2.24, 2.45) is 7.05 Å². The van der Waals surface area contributed by atoms with Gasteiger partial charge in [0.25, 0.3) is 11.5 Å². The van der Waals surface area contributed by atoms with Gasteiger partial charge in [0, 0.05) is 43.7 Å². The fraction of sp³-hybridized carbons (Fsp3) is 0.400. The van der Waals surface area contributed by atoms with Crippen molar-refractivity contribution in [2.45, 2.75) is 58.0 Å². The Morgan fingerprint density at radius 2 is 1.71 bits per heavy atom. The first-order valence-electron chi connectivity index (χ1n) is 13.3. The Morgan fingerprint density at radius 1 is 1.03 bits per heavy atom. The minimum atomic E-state index is -0.685. The highest BCUT2D eigenvalue weighted by molar-refractivity contribution is 5.91. The van der Waals surface area contributed by atoms with E-state index >= 15 is 0 Å². The van der Waals surface area contributed by atoms with E-state index in [4.69, 9.17) is 9.47 Å². The molecule has 3 heterocycles. The quantitative estimate of drug-likeness (QED) is 0.514. The summed E-state index contributed by atoms with van der Waals surface area (Å²) >= 11 is 0. The number of aliphatic hydroxyl groups is 1. The fourth-order valence-electron chi connectivity index (χ4n) is 5.31.